The van der Waals surface area contributed by atoms with Gasteiger partial charge in [0, 0.05) is 16.5 Å². The van der Waals surface area contributed by atoms with Crippen LogP contribution in [0.25, 0.3) is 54.6 Å². The second-order valence-electron chi connectivity index (χ2n) is 14.8. The lowest BCUT2D eigenvalue weighted by Crippen LogP contribution is -2.28. The van der Waals surface area contributed by atoms with E-state index in [4.69, 9.17) is 0 Å². The Morgan fingerprint density at radius 2 is 0.821 bits per heavy atom. The van der Waals surface area contributed by atoms with E-state index in [1.807, 2.05) is 0 Å². The minimum absolute atomic E-state index is 0.504. The third-order valence-corrected chi connectivity index (χ3v) is 11.9. The van der Waals surface area contributed by atoms with Gasteiger partial charge in [0.15, 0.2) is 0 Å². The van der Waals surface area contributed by atoms with Crippen LogP contribution in [0.2, 0.25) is 0 Å². The van der Waals surface area contributed by atoms with E-state index in [1.165, 1.54) is 76.8 Å². The van der Waals surface area contributed by atoms with E-state index >= 15 is 0 Å². The SMILES string of the molecule is c1ccc(C2(c3ccccc3)c3ccccc3-c3c(N(c4ccccc4-c4ccc5c(ccc6ccccc65)c4)c4cccc5ccccc45)cccc32)cc1. The first-order valence-corrected chi connectivity index (χ1v) is 19.4. The number of rotatable bonds is 6. The lowest BCUT2D eigenvalue weighted by Gasteiger charge is -2.35. The molecule has 0 unspecified atom stereocenters. The molecule has 10 aromatic carbocycles. The molecule has 56 heavy (non-hydrogen) atoms. The third kappa shape index (κ3) is 4.81. The molecular weight excluding hydrogens is 675 g/mol. The van der Waals surface area contributed by atoms with Crippen molar-refractivity contribution in [3.05, 3.63) is 247 Å². The van der Waals surface area contributed by atoms with E-state index in [9.17, 15) is 0 Å². The summed E-state index contributed by atoms with van der Waals surface area (Å²) in [6.45, 7) is 0. The summed E-state index contributed by atoms with van der Waals surface area (Å²) in [5, 5.41) is 7.46. The van der Waals surface area contributed by atoms with Gasteiger partial charge in [-0.05, 0) is 84.6 Å². The Bertz CT molecular complexity index is 3040. The third-order valence-electron chi connectivity index (χ3n) is 11.9. The van der Waals surface area contributed by atoms with Gasteiger partial charge in [0.05, 0.1) is 22.5 Å². The Morgan fingerprint density at radius 3 is 1.61 bits per heavy atom. The van der Waals surface area contributed by atoms with Crippen LogP contribution in [0.4, 0.5) is 17.1 Å². The van der Waals surface area contributed by atoms with Gasteiger partial charge in [-0.25, -0.2) is 0 Å². The van der Waals surface area contributed by atoms with Crippen molar-refractivity contribution in [2.24, 2.45) is 0 Å². The monoisotopic (exact) mass is 711 g/mol. The van der Waals surface area contributed by atoms with E-state index in [2.05, 4.69) is 229 Å². The van der Waals surface area contributed by atoms with Crippen molar-refractivity contribution in [2.45, 2.75) is 5.41 Å². The number of benzene rings is 10. The maximum Gasteiger partial charge on any atom is 0.0714 e. The van der Waals surface area contributed by atoms with E-state index in [1.54, 1.807) is 0 Å². The minimum Gasteiger partial charge on any atom is -0.309 e. The first-order valence-electron chi connectivity index (χ1n) is 19.4. The van der Waals surface area contributed by atoms with Crippen molar-refractivity contribution in [3.8, 4) is 22.3 Å². The van der Waals surface area contributed by atoms with Crippen molar-refractivity contribution in [3.63, 3.8) is 0 Å². The molecule has 0 saturated heterocycles. The van der Waals surface area contributed by atoms with Gasteiger partial charge in [0.1, 0.15) is 0 Å². The highest BCUT2D eigenvalue weighted by molar-refractivity contribution is 6.10. The standard InChI is InChI=1S/C55H37N/c1-3-20-42(21-4-1)55(43-22-5-2-6-23-43)49-28-13-11-27-48(49)54-50(55)29-16-32-53(54)56(52-31-15-19-38-17-8-10-25-46(38)52)51-30-14-12-26-47(51)41-35-36-45-40(37-41)34-33-39-18-7-9-24-44(39)45/h1-37H. The fraction of sp³-hybridized carbons (Fsp3) is 0.0182. The Kier molecular flexibility index (Phi) is 7.47. The van der Waals surface area contributed by atoms with E-state index < -0.39 is 5.41 Å². The highest BCUT2D eigenvalue weighted by Gasteiger charge is 2.47. The maximum absolute atomic E-state index is 2.53. The van der Waals surface area contributed by atoms with Crippen molar-refractivity contribution < 1.29 is 0 Å². The van der Waals surface area contributed by atoms with Gasteiger partial charge in [-0.3, -0.25) is 0 Å². The zero-order valence-electron chi connectivity index (χ0n) is 30.8. The van der Waals surface area contributed by atoms with Crippen LogP contribution in [0, 0.1) is 0 Å². The summed E-state index contributed by atoms with van der Waals surface area (Å²) < 4.78 is 0. The molecule has 0 atom stereocenters. The van der Waals surface area contributed by atoms with Gasteiger partial charge >= 0.3 is 0 Å². The van der Waals surface area contributed by atoms with Crippen LogP contribution in [0.5, 0.6) is 0 Å². The van der Waals surface area contributed by atoms with Crippen molar-refractivity contribution in [2.75, 3.05) is 4.90 Å². The lowest BCUT2D eigenvalue weighted by atomic mass is 9.68. The van der Waals surface area contributed by atoms with Gasteiger partial charge in [0.2, 0.25) is 0 Å². The van der Waals surface area contributed by atoms with E-state index in [0.717, 1.165) is 17.1 Å². The molecule has 0 fully saturated rings. The second-order valence-corrected chi connectivity index (χ2v) is 14.8. The molecule has 11 rings (SSSR count). The Hall–Kier alpha value is -7.22. The van der Waals surface area contributed by atoms with Gasteiger partial charge in [-0.1, -0.05) is 200 Å². The smallest absolute Gasteiger partial charge is 0.0714 e. The fourth-order valence-electron chi connectivity index (χ4n) is 9.55. The zero-order valence-corrected chi connectivity index (χ0v) is 30.8. The molecule has 1 aliphatic rings. The number of hydrogen-bond acceptors (Lipinski definition) is 1. The summed E-state index contributed by atoms with van der Waals surface area (Å²) in [4.78, 5) is 2.53. The molecule has 1 aliphatic carbocycles. The molecule has 0 aromatic heterocycles. The molecule has 0 radical (unpaired) electrons. The summed E-state index contributed by atoms with van der Waals surface area (Å²) >= 11 is 0. The topological polar surface area (TPSA) is 3.24 Å². The van der Waals surface area contributed by atoms with Gasteiger partial charge < -0.3 is 4.90 Å². The van der Waals surface area contributed by atoms with Gasteiger partial charge in [0.25, 0.3) is 0 Å². The molecule has 0 amide bonds. The van der Waals surface area contributed by atoms with E-state index in [0.29, 0.717) is 0 Å². The fourth-order valence-corrected chi connectivity index (χ4v) is 9.55. The highest BCUT2D eigenvalue weighted by atomic mass is 15.1. The number of para-hydroxylation sites is 1. The number of anilines is 3. The predicted molar refractivity (Wildman–Crippen MR) is 236 cm³/mol. The van der Waals surface area contributed by atoms with Crippen LogP contribution in [0.1, 0.15) is 22.3 Å². The average Bonchev–Trinajstić information content (AvgIpc) is 3.59. The molecule has 1 nitrogen and oxygen atoms in total. The van der Waals surface area contributed by atoms with Crippen LogP contribution < -0.4 is 4.90 Å². The van der Waals surface area contributed by atoms with Crippen molar-refractivity contribution in [1.82, 2.24) is 0 Å². The molecule has 0 spiro atoms. The zero-order chi connectivity index (χ0) is 37.1. The van der Waals surface area contributed by atoms with Crippen LogP contribution in [0.3, 0.4) is 0 Å². The lowest BCUT2D eigenvalue weighted by molar-refractivity contribution is 0.768. The molecular formula is C55H37N. The predicted octanol–water partition coefficient (Wildman–Crippen LogP) is 14.6. The molecule has 0 saturated carbocycles. The quantitative estimate of drug-likeness (QED) is 0.155. The van der Waals surface area contributed by atoms with Crippen LogP contribution >= 0.6 is 0 Å². The second kappa shape index (κ2) is 13.0. The van der Waals surface area contributed by atoms with Crippen molar-refractivity contribution in [1.29, 1.82) is 0 Å². The maximum atomic E-state index is 2.53. The normalized spacial score (nSPS) is 12.8. The number of hydrogen-bond donors (Lipinski definition) is 0. The van der Waals surface area contributed by atoms with Gasteiger partial charge in [-0.2, -0.15) is 0 Å². The Balaban J connectivity index is 1.22. The van der Waals surface area contributed by atoms with E-state index in [-0.39, 0.29) is 0 Å². The summed E-state index contributed by atoms with van der Waals surface area (Å²) in [5.74, 6) is 0. The molecule has 0 aliphatic heterocycles. The molecule has 0 N–H and O–H groups in total. The molecule has 262 valence electrons. The largest absolute Gasteiger partial charge is 0.309 e. The highest BCUT2D eigenvalue weighted by Crippen LogP contribution is 2.60. The summed E-state index contributed by atoms with van der Waals surface area (Å²) in [6.07, 6.45) is 0. The average molecular weight is 712 g/mol. The summed E-state index contributed by atoms with van der Waals surface area (Å²) in [5.41, 5.74) is 12.9. The summed E-state index contributed by atoms with van der Waals surface area (Å²) in [7, 11) is 0. The van der Waals surface area contributed by atoms with Crippen LogP contribution in [-0.2, 0) is 5.41 Å². The van der Waals surface area contributed by atoms with Gasteiger partial charge in [-0.15, -0.1) is 0 Å². The Labute approximate surface area is 327 Å². The minimum atomic E-state index is -0.504. The first kappa shape index (κ1) is 32.2. The molecule has 0 heterocycles. The molecule has 1 heteroatoms. The van der Waals surface area contributed by atoms with Crippen LogP contribution in [-0.4, -0.2) is 0 Å². The Morgan fingerprint density at radius 1 is 0.304 bits per heavy atom. The van der Waals surface area contributed by atoms with Crippen molar-refractivity contribution >= 4 is 49.4 Å². The first-order chi connectivity index (χ1) is 27.8. The number of nitrogens with zero attached hydrogens (tertiary/aromatic N) is 1. The molecule has 0 bridgehead atoms. The molecule has 10 aromatic rings. The number of fused-ring (bicyclic) bond motifs is 7. The summed E-state index contributed by atoms with van der Waals surface area (Å²) in [6, 6.07) is 82.7. The van der Waals surface area contributed by atoms with Crippen LogP contribution in [0.15, 0.2) is 224 Å².